The van der Waals surface area contributed by atoms with Gasteiger partial charge in [0.15, 0.2) is 0 Å². The van der Waals surface area contributed by atoms with Gasteiger partial charge >= 0.3 is 6.18 Å². The Hall–Kier alpha value is -3.06. The molecule has 1 fully saturated rings. The molecule has 0 bridgehead atoms. The van der Waals surface area contributed by atoms with Crippen LogP contribution in [0.15, 0.2) is 36.5 Å². The van der Waals surface area contributed by atoms with Crippen LogP contribution in [0.5, 0.6) is 0 Å². The molecule has 0 saturated heterocycles. The lowest BCUT2D eigenvalue weighted by Gasteiger charge is -2.20. The van der Waals surface area contributed by atoms with E-state index < -0.39 is 26.5 Å². The summed E-state index contributed by atoms with van der Waals surface area (Å²) in [7, 11) is -3.62. The second-order valence-corrected chi connectivity index (χ2v) is 11.3. The molecular formula is C22H21F3N4O2S. The second kappa shape index (κ2) is 7.24. The molecule has 1 aliphatic rings. The van der Waals surface area contributed by atoms with Gasteiger partial charge in [0.25, 0.3) is 0 Å². The Kier molecular flexibility index (Phi) is 5.01. The van der Waals surface area contributed by atoms with E-state index in [1.807, 2.05) is 4.57 Å². The molecule has 10 heteroatoms. The van der Waals surface area contributed by atoms with Crippen molar-refractivity contribution in [3.8, 4) is 17.3 Å². The number of anilines is 1. The molecule has 4 rings (SSSR count). The van der Waals surface area contributed by atoms with Gasteiger partial charge in [-0.15, -0.1) is 0 Å². The number of aromatic nitrogens is 2. The van der Waals surface area contributed by atoms with E-state index in [0.29, 0.717) is 22.6 Å². The average Bonchev–Trinajstić information content (AvgIpc) is 3.47. The van der Waals surface area contributed by atoms with Gasteiger partial charge in [-0.25, -0.2) is 13.4 Å². The molecule has 3 aromatic rings. The van der Waals surface area contributed by atoms with Crippen LogP contribution in [-0.4, -0.2) is 22.7 Å². The van der Waals surface area contributed by atoms with E-state index in [9.17, 15) is 26.9 Å². The highest BCUT2D eigenvalue weighted by Crippen LogP contribution is 2.45. The molecule has 32 heavy (non-hydrogen) atoms. The minimum Gasteiger partial charge on any atom is -0.321 e. The number of nitrogens with zero attached hydrogens (tertiary/aromatic N) is 3. The molecule has 6 nitrogen and oxygen atoms in total. The van der Waals surface area contributed by atoms with Crippen LogP contribution in [0, 0.1) is 11.3 Å². The molecule has 168 valence electrons. The van der Waals surface area contributed by atoms with E-state index >= 15 is 0 Å². The summed E-state index contributed by atoms with van der Waals surface area (Å²) in [6, 6.07) is 9.52. The number of hydrogen-bond acceptors (Lipinski definition) is 4. The van der Waals surface area contributed by atoms with Crippen LogP contribution in [0.25, 0.3) is 22.3 Å². The van der Waals surface area contributed by atoms with Crippen LogP contribution < -0.4 is 4.72 Å². The highest BCUT2D eigenvalue weighted by molar-refractivity contribution is 7.94. The second-order valence-electron chi connectivity index (χ2n) is 8.82. The van der Waals surface area contributed by atoms with Gasteiger partial charge in [0.05, 0.1) is 21.6 Å². The third-order valence-corrected chi connectivity index (χ3v) is 7.53. The summed E-state index contributed by atoms with van der Waals surface area (Å²) in [5.74, 6) is 0. The molecule has 0 atom stereocenters. The Labute approximate surface area is 183 Å². The highest BCUT2D eigenvalue weighted by Gasteiger charge is 2.35. The maximum Gasteiger partial charge on any atom is 0.417 e. The predicted octanol–water partition coefficient (Wildman–Crippen LogP) is 5.47. The van der Waals surface area contributed by atoms with Crippen LogP contribution in [-0.2, 0) is 16.2 Å². The molecule has 2 aromatic heterocycles. The van der Waals surface area contributed by atoms with Crippen molar-refractivity contribution in [2.24, 2.45) is 0 Å². The van der Waals surface area contributed by atoms with E-state index in [-0.39, 0.29) is 17.0 Å². The Bertz CT molecular complexity index is 1340. The smallest absolute Gasteiger partial charge is 0.321 e. The first-order valence-corrected chi connectivity index (χ1v) is 11.5. The van der Waals surface area contributed by atoms with Gasteiger partial charge in [-0.05, 0) is 57.4 Å². The fourth-order valence-electron chi connectivity index (χ4n) is 3.43. The quantitative estimate of drug-likeness (QED) is 0.557. The molecule has 2 heterocycles. The number of pyridine rings is 1. The van der Waals surface area contributed by atoms with Gasteiger partial charge in [-0.1, -0.05) is 12.1 Å². The van der Waals surface area contributed by atoms with Crippen LogP contribution >= 0.6 is 0 Å². The Balaban J connectivity index is 1.84. The minimum atomic E-state index is -4.57. The number of fused-ring (bicyclic) bond motifs is 1. The van der Waals surface area contributed by atoms with Crippen molar-refractivity contribution in [1.82, 2.24) is 9.55 Å². The SMILES string of the molecule is CC(C)(C)S(=O)(=O)Nc1ccc(-c2c(C#N)c3cc(C(F)(F)F)cnc3n2C2CC2)cc1. The van der Waals surface area contributed by atoms with E-state index in [4.69, 9.17) is 0 Å². The van der Waals surface area contributed by atoms with Crippen LogP contribution in [0.1, 0.15) is 50.8 Å². The molecule has 0 amide bonds. The summed E-state index contributed by atoms with van der Waals surface area (Å²) in [5, 5.41) is 9.97. The monoisotopic (exact) mass is 462 g/mol. The van der Waals surface area contributed by atoms with Gasteiger partial charge in [0, 0.05) is 23.3 Å². The predicted molar refractivity (Wildman–Crippen MR) is 115 cm³/mol. The molecule has 0 spiro atoms. The van der Waals surface area contributed by atoms with E-state index in [1.54, 1.807) is 45.0 Å². The summed E-state index contributed by atoms with van der Waals surface area (Å²) in [4.78, 5) is 4.06. The van der Waals surface area contributed by atoms with Crippen molar-refractivity contribution in [3.05, 3.63) is 47.7 Å². The molecule has 1 aliphatic carbocycles. The van der Waals surface area contributed by atoms with Crippen molar-refractivity contribution in [2.75, 3.05) is 4.72 Å². The maximum atomic E-state index is 13.2. The third-order valence-electron chi connectivity index (χ3n) is 5.41. The molecular weight excluding hydrogens is 441 g/mol. The van der Waals surface area contributed by atoms with Gasteiger partial charge in [0.2, 0.25) is 10.0 Å². The first-order chi connectivity index (χ1) is 14.8. The van der Waals surface area contributed by atoms with E-state index in [0.717, 1.165) is 25.1 Å². The summed E-state index contributed by atoms with van der Waals surface area (Å²) in [6.45, 7) is 4.75. The zero-order valence-electron chi connectivity index (χ0n) is 17.7. The fraction of sp³-hybridized carbons (Fsp3) is 0.364. The van der Waals surface area contributed by atoms with Crippen LogP contribution in [0.2, 0.25) is 0 Å². The summed E-state index contributed by atoms with van der Waals surface area (Å²) >= 11 is 0. The summed E-state index contributed by atoms with van der Waals surface area (Å²) < 4.78 is 67.8. The number of alkyl halides is 3. The van der Waals surface area contributed by atoms with Gasteiger partial charge in [0.1, 0.15) is 11.7 Å². The van der Waals surface area contributed by atoms with E-state index in [2.05, 4.69) is 15.8 Å². The van der Waals surface area contributed by atoms with E-state index in [1.165, 1.54) is 0 Å². The van der Waals surface area contributed by atoms with Crippen LogP contribution in [0.3, 0.4) is 0 Å². The zero-order chi connectivity index (χ0) is 23.5. The number of benzene rings is 1. The van der Waals surface area contributed by atoms with Gasteiger partial charge in [-0.2, -0.15) is 18.4 Å². The number of rotatable bonds is 4. The molecule has 1 N–H and O–H groups in total. The maximum absolute atomic E-state index is 13.2. The Morgan fingerprint density at radius 3 is 2.28 bits per heavy atom. The van der Waals surface area contributed by atoms with Gasteiger partial charge < -0.3 is 4.57 Å². The topological polar surface area (TPSA) is 87.8 Å². The highest BCUT2D eigenvalue weighted by atomic mass is 32.2. The Morgan fingerprint density at radius 1 is 1.16 bits per heavy atom. The Morgan fingerprint density at radius 2 is 1.78 bits per heavy atom. The molecule has 1 aromatic carbocycles. The number of hydrogen-bond donors (Lipinski definition) is 1. The number of sulfonamides is 1. The van der Waals surface area contributed by atoms with Crippen LogP contribution in [0.4, 0.5) is 18.9 Å². The normalized spacial score (nSPS) is 15.0. The minimum absolute atomic E-state index is 0.0536. The molecule has 0 unspecified atom stereocenters. The number of nitrogens with one attached hydrogen (secondary N) is 1. The molecule has 0 aliphatic heterocycles. The first-order valence-electron chi connectivity index (χ1n) is 9.97. The first kappa shape index (κ1) is 22.1. The fourth-order valence-corrected chi connectivity index (χ4v) is 4.18. The lowest BCUT2D eigenvalue weighted by Crippen LogP contribution is -2.33. The standard InChI is InChI=1S/C22H21F3N4O2S/c1-21(2,3)32(30,31)28-15-6-4-13(5-7-15)19-18(11-26)17-10-14(22(23,24)25)12-27-20(17)29(19)16-8-9-16/h4-7,10,12,16,28H,8-9H2,1-3H3. The number of halogens is 3. The summed E-state index contributed by atoms with van der Waals surface area (Å²) in [6.07, 6.45) is -2.10. The van der Waals surface area contributed by atoms with Gasteiger partial charge in [-0.3, -0.25) is 4.72 Å². The largest absolute Gasteiger partial charge is 0.417 e. The summed E-state index contributed by atoms with van der Waals surface area (Å²) in [5.41, 5.74) is 0.987. The molecule has 1 saturated carbocycles. The van der Waals surface area contributed by atoms with Crippen molar-refractivity contribution < 1.29 is 21.6 Å². The van der Waals surface area contributed by atoms with Crippen molar-refractivity contribution in [2.45, 2.75) is 50.6 Å². The lowest BCUT2D eigenvalue weighted by molar-refractivity contribution is -0.137. The third kappa shape index (κ3) is 3.81. The number of nitriles is 1. The van der Waals surface area contributed by atoms with Crippen molar-refractivity contribution >= 4 is 26.7 Å². The van der Waals surface area contributed by atoms with Crippen molar-refractivity contribution in [3.63, 3.8) is 0 Å². The molecule has 0 radical (unpaired) electrons. The average molecular weight is 462 g/mol. The lowest BCUT2D eigenvalue weighted by atomic mass is 10.1. The van der Waals surface area contributed by atoms with Crippen molar-refractivity contribution in [1.29, 1.82) is 5.26 Å². The zero-order valence-corrected chi connectivity index (χ0v) is 18.5.